The van der Waals surface area contributed by atoms with E-state index in [4.69, 9.17) is 0 Å². The van der Waals surface area contributed by atoms with Crippen molar-refractivity contribution >= 4 is 22.7 Å². The molecule has 204 valence electrons. The predicted octanol–water partition coefficient (Wildman–Crippen LogP) is 2.91. The van der Waals surface area contributed by atoms with E-state index in [-0.39, 0.29) is 29.4 Å². The predicted molar refractivity (Wildman–Crippen MR) is 146 cm³/mol. The molecule has 8 nitrogen and oxygen atoms in total. The molecule has 2 aromatic rings. The van der Waals surface area contributed by atoms with Gasteiger partial charge in [-0.2, -0.15) is 0 Å². The van der Waals surface area contributed by atoms with Crippen LogP contribution in [0.4, 0.5) is 0 Å². The number of hydrogen-bond acceptors (Lipinski definition) is 6. The monoisotopic (exact) mass is 519 g/mol. The van der Waals surface area contributed by atoms with E-state index in [0.717, 1.165) is 36.6 Å². The highest BCUT2D eigenvalue weighted by Gasteiger charge is 2.51. The van der Waals surface area contributed by atoms with Crippen LogP contribution >= 0.6 is 0 Å². The van der Waals surface area contributed by atoms with Crippen LogP contribution in [0.3, 0.4) is 0 Å². The van der Waals surface area contributed by atoms with Crippen LogP contribution in [0.5, 0.6) is 0 Å². The number of carbonyl (C=O) groups is 2. The van der Waals surface area contributed by atoms with Crippen molar-refractivity contribution in [1.82, 2.24) is 25.4 Å². The highest BCUT2D eigenvalue weighted by molar-refractivity contribution is 5.88. The molecular weight excluding hydrogens is 478 g/mol. The maximum absolute atomic E-state index is 13.8. The van der Waals surface area contributed by atoms with Crippen LogP contribution in [0.25, 0.3) is 10.9 Å². The first-order valence-electron chi connectivity index (χ1n) is 14.6. The topological polar surface area (TPSA) is 97.8 Å². The molecule has 38 heavy (non-hydrogen) atoms. The molecule has 1 aromatic heterocycles. The summed E-state index contributed by atoms with van der Waals surface area (Å²) in [5, 5.41) is 19.1. The van der Waals surface area contributed by atoms with Gasteiger partial charge in [0, 0.05) is 49.8 Å². The summed E-state index contributed by atoms with van der Waals surface area (Å²) in [5.74, 6) is -0.0461. The fraction of sp³-hybridized carbons (Fsp3) is 0.633. The van der Waals surface area contributed by atoms with Crippen molar-refractivity contribution in [3.63, 3.8) is 0 Å². The molecule has 0 bridgehead atoms. The molecule has 3 N–H and O–H groups in total. The third-order valence-electron chi connectivity index (χ3n) is 9.29. The van der Waals surface area contributed by atoms with E-state index in [1.54, 1.807) is 4.90 Å². The van der Waals surface area contributed by atoms with Crippen molar-refractivity contribution in [1.29, 1.82) is 0 Å². The Balaban J connectivity index is 1.20. The Morgan fingerprint density at radius 1 is 0.895 bits per heavy atom. The van der Waals surface area contributed by atoms with Gasteiger partial charge in [0.15, 0.2) is 0 Å². The summed E-state index contributed by atoms with van der Waals surface area (Å²) >= 11 is 0. The zero-order valence-corrected chi connectivity index (χ0v) is 22.3. The number of pyridine rings is 1. The molecule has 3 heterocycles. The Labute approximate surface area is 225 Å². The average Bonchev–Trinajstić information content (AvgIpc) is 3.69. The summed E-state index contributed by atoms with van der Waals surface area (Å²) in [7, 11) is 0. The van der Waals surface area contributed by atoms with Gasteiger partial charge < -0.3 is 20.2 Å². The van der Waals surface area contributed by atoms with Gasteiger partial charge in [-0.1, -0.05) is 50.7 Å². The maximum Gasteiger partial charge on any atom is 0.254 e. The number of rotatable bonds is 3. The van der Waals surface area contributed by atoms with Gasteiger partial charge in [-0.15, -0.1) is 0 Å². The van der Waals surface area contributed by atoms with E-state index >= 15 is 0 Å². The first kappa shape index (κ1) is 25.7. The van der Waals surface area contributed by atoms with Crippen molar-refractivity contribution < 1.29 is 14.7 Å². The average molecular weight is 520 g/mol. The van der Waals surface area contributed by atoms with Crippen LogP contribution in [0.15, 0.2) is 36.5 Å². The third-order valence-corrected chi connectivity index (χ3v) is 9.29. The number of aromatic nitrogens is 1. The number of aliphatic hydroxyl groups is 1. The van der Waals surface area contributed by atoms with E-state index in [0.29, 0.717) is 45.6 Å². The van der Waals surface area contributed by atoms with Gasteiger partial charge in [0.05, 0.1) is 17.6 Å². The Morgan fingerprint density at radius 3 is 2.29 bits per heavy atom. The van der Waals surface area contributed by atoms with Gasteiger partial charge >= 0.3 is 0 Å². The standard InChI is InChI=1S/C30H41N5O3/c36-27(34-16-18-35(19-17-34)28(37)30(38)13-14-30)25-21-32-26(23-9-10-24-22(20-23)8-7-15-31-24)29(33-25)11-5-3-1-2-4-6-12-29/h7-10,15,20,25-26,32-33,38H,1-6,11-14,16-19,21H2. The van der Waals surface area contributed by atoms with E-state index in [2.05, 4.69) is 39.9 Å². The first-order chi connectivity index (χ1) is 18.5. The Morgan fingerprint density at radius 2 is 1.58 bits per heavy atom. The van der Waals surface area contributed by atoms with Gasteiger partial charge in [0.25, 0.3) is 5.91 Å². The number of carbonyl (C=O) groups excluding carboxylic acids is 2. The second kappa shape index (κ2) is 10.5. The molecule has 2 amide bonds. The van der Waals surface area contributed by atoms with Crippen molar-refractivity contribution in [3.05, 3.63) is 42.1 Å². The second-order valence-electron chi connectivity index (χ2n) is 11.9. The van der Waals surface area contributed by atoms with Gasteiger partial charge in [0.2, 0.25) is 5.91 Å². The van der Waals surface area contributed by atoms with E-state index in [9.17, 15) is 14.7 Å². The number of fused-ring (bicyclic) bond motifs is 1. The smallest absolute Gasteiger partial charge is 0.254 e. The zero-order valence-electron chi connectivity index (χ0n) is 22.3. The van der Waals surface area contributed by atoms with Crippen LogP contribution in [-0.4, -0.2) is 81.6 Å². The minimum absolute atomic E-state index is 0.121. The first-order valence-corrected chi connectivity index (χ1v) is 14.6. The lowest BCUT2D eigenvalue weighted by molar-refractivity contribution is -0.148. The summed E-state index contributed by atoms with van der Waals surface area (Å²) in [6, 6.07) is 10.5. The maximum atomic E-state index is 13.8. The van der Waals surface area contributed by atoms with E-state index in [1.807, 2.05) is 17.2 Å². The van der Waals surface area contributed by atoms with E-state index in [1.165, 1.54) is 31.2 Å². The number of nitrogens with one attached hydrogen (secondary N) is 2. The molecule has 6 rings (SSSR count). The molecule has 1 spiro atoms. The molecule has 0 radical (unpaired) electrons. The third kappa shape index (κ3) is 5.06. The molecule has 2 unspecified atom stereocenters. The lowest BCUT2D eigenvalue weighted by Gasteiger charge is -2.50. The molecule has 1 aromatic carbocycles. The van der Waals surface area contributed by atoms with Crippen LogP contribution < -0.4 is 10.6 Å². The van der Waals surface area contributed by atoms with Crippen molar-refractivity contribution in [3.8, 4) is 0 Å². The SMILES string of the molecule is O=C(C1CNC(c2ccc3ncccc3c2)C2(CCCCCCCC2)N1)N1CCN(C(=O)C2(O)CC2)CC1. The number of amides is 2. The normalized spacial score (nSPS) is 27.4. The molecule has 2 atom stereocenters. The van der Waals surface area contributed by atoms with Crippen LogP contribution in [0, 0.1) is 0 Å². The van der Waals surface area contributed by atoms with Crippen molar-refractivity contribution in [2.45, 2.75) is 87.4 Å². The fourth-order valence-corrected chi connectivity index (χ4v) is 6.89. The summed E-state index contributed by atoms with van der Waals surface area (Å²) in [6.07, 6.45) is 12.4. The fourth-order valence-electron chi connectivity index (χ4n) is 6.89. The number of hydrogen-bond donors (Lipinski definition) is 3. The van der Waals surface area contributed by atoms with Crippen molar-refractivity contribution in [2.24, 2.45) is 0 Å². The summed E-state index contributed by atoms with van der Waals surface area (Å²) in [6.45, 7) is 2.60. The van der Waals surface area contributed by atoms with Crippen molar-refractivity contribution in [2.75, 3.05) is 32.7 Å². The largest absolute Gasteiger partial charge is 0.380 e. The van der Waals surface area contributed by atoms with Gasteiger partial charge in [0.1, 0.15) is 5.60 Å². The van der Waals surface area contributed by atoms with Crippen LogP contribution in [-0.2, 0) is 9.59 Å². The van der Waals surface area contributed by atoms with E-state index < -0.39 is 5.60 Å². The Hall–Kier alpha value is -2.55. The van der Waals surface area contributed by atoms with Gasteiger partial charge in [-0.05, 0) is 49.4 Å². The molecule has 8 heteroatoms. The molecule has 4 aliphatic rings. The molecule has 2 saturated heterocycles. The second-order valence-corrected chi connectivity index (χ2v) is 11.9. The van der Waals surface area contributed by atoms with Crippen LogP contribution in [0.2, 0.25) is 0 Å². The molecule has 2 aliphatic heterocycles. The van der Waals surface area contributed by atoms with Gasteiger partial charge in [-0.25, -0.2) is 0 Å². The van der Waals surface area contributed by atoms with Crippen LogP contribution in [0.1, 0.15) is 75.8 Å². The Bertz CT molecular complexity index is 1160. The highest BCUT2D eigenvalue weighted by atomic mass is 16.3. The minimum atomic E-state index is -1.14. The zero-order chi connectivity index (χ0) is 26.2. The molecular formula is C30H41N5O3. The van der Waals surface area contributed by atoms with Gasteiger partial charge in [-0.3, -0.25) is 19.9 Å². The summed E-state index contributed by atoms with van der Waals surface area (Å²) < 4.78 is 0. The number of benzene rings is 1. The number of piperazine rings is 2. The lowest BCUT2D eigenvalue weighted by Crippen LogP contribution is -2.69. The highest BCUT2D eigenvalue weighted by Crippen LogP contribution is 2.40. The number of nitrogens with zero attached hydrogens (tertiary/aromatic N) is 3. The molecule has 2 saturated carbocycles. The summed E-state index contributed by atoms with van der Waals surface area (Å²) in [5.41, 5.74) is 0.931. The summed E-state index contributed by atoms with van der Waals surface area (Å²) in [4.78, 5) is 34.5. The minimum Gasteiger partial charge on any atom is -0.380 e. The quantitative estimate of drug-likeness (QED) is 0.577. The molecule has 2 aliphatic carbocycles. The Kier molecular flexibility index (Phi) is 7.14. The lowest BCUT2D eigenvalue weighted by atomic mass is 9.75. The molecule has 4 fully saturated rings.